The van der Waals surface area contributed by atoms with Crippen LogP contribution < -0.4 is 0 Å². The third-order valence-corrected chi connectivity index (χ3v) is 1.80. The van der Waals surface area contributed by atoms with Gasteiger partial charge >= 0.3 is 5.97 Å². The Morgan fingerprint density at radius 3 is 2.64 bits per heavy atom. The number of rotatable bonds is 3. The largest absolute Gasteiger partial charge is 0.446 e. The van der Waals surface area contributed by atoms with Crippen LogP contribution in [-0.4, -0.2) is 12.0 Å². The molecule has 0 aliphatic heterocycles. The Balaban J connectivity index is 2.60. The van der Waals surface area contributed by atoms with Gasteiger partial charge in [-0.1, -0.05) is 41.4 Å². The summed E-state index contributed by atoms with van der Waals surface area (Å²) in [7, 11) is 0. The molecule has 0 aromatic heterocycles. The van der Waals surface area contributed by atoms with Gasteiger partial charge in [0.25, 0.3) is 0 Å². The number of alkyl halides is 1. The second-order valence-electron chi connectivity index (χ2n) is 2.82. The van der Waals surface area contributed by atoms with Crippen molar-refractivity contribution in [1.82, 2.24) is 0 Å². The van der Waals surface area contributed by atoms with E-state index in [1.165, 1.54) is 11.6 Å². The van der Waals surface area contributed by atoms with E-state index < -0.39 is 5.97 Å². The first kappa shape index (κ1) is 10.8. The molecule has 0 amide bonds. The highest BCUT2D eigenvalue weighted by molar-refractivity contribution is 6.17. The van der Waals surface area contributed by atoms with E-state index in [9.17, 15) is 4.79 Å². The molecule has 0 radical (unpaired) electrons. The molecule has 1 rings (SSSR count). The minimum atomic E-state index is -0.430. The van der Waals surface area contributed by atoms with Gasteiger partial charge < -0.3 is 4.74 Å². The predicted molar refractivity (Wildman–Crippen MR) is 57.0 cm³/mol. The van der Waals surface area contributed by atoms with Gasteiger partial charge in [0.05, 0.1) is 0 Å². The van der Waals surface area contributed by atoms with Crippen LogP contribution in [0.25, 0.3) is 6.08 Å². The molecule has 2 nitrogen and oxygen atoms in total. The molecule has 0 saturated heterocycles. The van der Waals surface area contributed by atoms with Gasteiger partial charge in [0.1, 0.15) is 0 Å². The number of benzene rings is 1. The molecule has 0 spiro atoms. The standard InChI is InChI=1S/C11H11ClO2/c1-9-2-4-10(5-3-9)6-7-11(13)14-8-12/h2-7H,8H2,1H3. The number of hydrogen-bond donors (Lipinski definition) is 0. The van der Waals surface area contributed by atoms with Crippen molar-refractivity contribution in [3.05, 3.63) is 41.5 Å². The molecule has 0 aliphatic carbocycles. The van der Waals surface area contributed by atoms with Crippen molar-refractivity contribution in [1.29, 1.82) is 0 Å². The minimum Gasteiger partial charge on any atom is -0.446 e. The van der Waals surface area contributed by atoms with Crippen molar-refractivity contribution in [2.45, 2.75) is 6.92 Å². The van der Waals surface area contributed by atoms with Crippen molar-refractivity contribution >= 4 is 23.6 Å². The highest BCUT2D eigenvalue weighted by Crippen LogP contribution is 2.04. The lowest BCUT2D eigenvalue weighted by molar-refractivity contribution is -0.135. The van der Waals surface area contributed by atoms with Crippen molar-refractivity contribution < 1.29 is 9.53 Å². The Morgan fingerprint density at radius 1 is 1.43 bits per heavy atom. The van der Waals surface area contributed by atoms with Gasteiger partial charge in [-0.25, -0.2) is 4.79 Å². The molecule has 74 valence electrons. The van der Waals surface area contributed by atoms with Gasteiger partial charge in [0, 0.05) is 6.08 Å². The highest BCUT2D eigenvalue weighted by Gasteiger charge is 1.93. The first-order valence-corrected chi connectivity index (χ1v) is 4.73. The molecule has 0 atom stereocenters. The Bertz CT molecular complexity index is 328. The molecular formula is C11H11ClO2. The smallest absolute Gasteiger partial charge is 0.331 e. The fourth-order valence-corrected chi connectivity index (χ4v) is 1.05. The Hall–Kier alpha value is -1.28. The van der Waals surface area contributed by atoms with Gasteiger partial charge in [-0.3, -0.25) is 0 Å². The lowest BCUT2D eigenvalue weighted by Crippen LogP contribution is -1.97. The van der Waals surface area contributed by atoms with Crippen LogP contribution >= 0.6 is 11.6 Å². The Labute approximate surface area is 88.1 Å². The number of carbonyl (C=O) groups excluding carboxylic acids is 1. The maximum Gasteiger partial charge on any atom is 0.331 e. The van der Waals surface area contributed by atoms with Gasteiger partial charge in [-0.15, -0.1) is 0 Å². The molecule has 3 heteroatoms. The van der Waals surface area contributed by atoms with Crippen molar-refractivity contribution in [3.63, 3.8) is 0 Å². The summed E-state index contributed by atoms with van der Waals surface area (Å²) in [5.74, 6) is -0.430. The SMILES string of the molecule is Cc1ccc(C=CC(=O)OCCl)cc1. The number of esters is 1. The van der Waals surface area contributed by atoms with E-state index in [4.69, 9.17) is 11.6 Å². The minimum absolute atomic E-state index is 0.114. The van der Waals surface area contributed by atoms with Crippen LogP contribution in [0.2, 0.25) is 0 Å². The quantitative estimate of drug-likeness (QED) is 0.436. The summed E-state index contributed by atoms with van der Waals surface area (Å²) in [5, 5.41) is 0. The molecule has 0 unspecified atom stereocenters. The number of halogens is 1. The molecule has 0 N–H and O–H groups in total. The van der Waals surface area contributed by atoms with Crippen LogP contribution in [-0.2, 0) is 9.53 Å². The maximum atomic E-state index is 10.9. The summed E-state index contributed by atoms with van der Waals surface area (Å²) in [6.07, 6.45) is 3.04. The van der Waals surface area contributed by atoms with E-state index in [1.807, 2.05) is 31.2 Å². The van der Waals surface area contributed by atoms with E-state index in [0.29, 0.717) is 0 Å². The zero-order valence-electron chi connectivity index (χ0n) is 7.87. The average molecular weight is 211 g/mol. The van der Waals surface area contributed by atoms with Crippen molar-refractivity contribution in [2.24, 2.45) is 0 Å². The van der Waals surface area contributed by atoms with E-state index in [2.05, 4.69) is 4.74 Å². The molecular weight excluding hydrogens is 200 g/mol. The van der Waals surface area contributed by atoms with Crippen LogP contribution in [0.1, 0.15) is 11.1 Å². The number of carbonyl (C=O) groups is 1. The van der Waals surface area contributed by atoms with Crippen molar-refractivity contribution in [2.75, 3.05) is 6.07 Å². The summed E-state index contributed by atoms with van der Waals surface area (Å²) in [5.41, 5.74) is 2.15. The average Bonchev–Trinajstić information content (AvgIpc) is 2.17. The van der Waals surface area contributed by atoms with E-state index >= 15 is 0 Å². The first-order chi connectivity index (χ1) is 6.72. The summed E-state index contributed by atoms with van der Waals surface area (Å²) in [6, 6.07) is 7.70. The number of hydrogen-bond acceptors (Lipinski definition) is 2. The van der Waals surface area contributed by atoms with Crippen LogP contribution in [0.15, 0.2) is 30.3 Å². The Morgan fingerprint density at radius 2 is 2.07 bits per heavy atom. The molecule has 0 saturated carbocycles. The summed E-state index contributed by atoms with van der Waals surface area (Å²) >= 11 is 5.22. The van der Waals surface area contributed by atoms with Crippen LogP contribution in [0.5, 0.6) is 0 Å². The monoisotopic (exact) mass is 210 g/mol. The van der Waals surface area contributed by atoms with Gasteiger partial charge in [-0.2, -0.15) is 0 Å². The van der Waals surface area contributed by atoms with E-state index in [0.717, 1.165) is 5.56 Å². The first-order valence-electron chi connectivity index (χ1n) is 4.20. The fourth-order valence-electron chi connectivity index (χ4n) is 0.944. The normalized spacial score (nSPS) is 10.4. The number of aryl methyl sites for hydroxylation is 1. The second-order valence-corrected chi connectivity index (χ2v) is 3.03. The van der Waals surface area contributed by atoms with Crippen LogP contribution in [0.4, 0.5) is 0 Å². The van der Waals surface area contributed by atoms with Crippen molar-refractivity contribution in [3.8, 4) is 0 Å². The fraction of sp³-hybridized carbons (Fsp3) is 0.182. The van der Waals surface area contributed by atoms with E-state index in [1.54, 1.807) is 6.08 Å². The predicted octanol–water partition coefficient (Wildman–Crippen LogP) is 2.75. The second kappa shape index (κ2) is 5.45. The zero-order valence-corrected chi connectivity index (χ0v) is 8.62. The number of ether oxygens (including phenoxy) is 1. The summed E-state index contributed by atoms with van der Waals surface area (Å²) in [6.45, 7) is 2.01. The zero-order chi connectivity index (χ0) is 10.4. The van der Waals surface area contributed by atoms with E-state index in [-0.39, 0.29) is 6.07 Å². The topological polar surface area (TPSA) is 26.3 Å². The lowest BCUT2D eigenvalue weighted by atomic mass is 10.1. The van der Waals surface area contributed by atoms with Gasteiger partial charge in [0.15, 0.2) is 6.07 Å². The molecule has 14 heavy (non-hydrogen) atoms. The molecule has 1 aromatic rings. The molecule has 0 bridgehead atoms. The highest BCUT2D eigenvalue weighted by atomic mass is 35.5. The molecule has 0 aliphatic rings. The third-order valence-electron chi connectivity index (χ3n) is 1.69. The molecule has 0 fully saturated rings. The maximum absolute atomic E-state index is 10.9. The molecule has 1 aromatic carbocycles. The van der Waals surface area contributed by atoms with Gasteiger partial charge in [0.2, 0.25) is 0 Å². The van der Waals surface area contributed by atoms with Gasteiger partial charge in [-0.05, 0) is 18.6 Å². The van der Waals surface area contributed by atoms with Crippen LogP contribution in [0.3, 0.4) is 0 Å². The lowest BCUT2D eigenvalue weighted by Gasteiger charge is -1.95. The third kappa shape index (κ3) is 3.62. The summed E-state index contributed by atoms with van der Waals surface area (Å²) in [4.78, 5) is 10.9. The van der Waals surface area contributed by atoms with Crippen LogP contribution in [0, 0.1) is 6.92 Å². The summed E-state index contributed by atoms with van der Waals surface area (Å²) < 4.78 is 4.53. The Kier molecular flexibility index (Phi) is 4.20. The molecule has 0 heterocycles.